The minimum absolute atomic E-state index is 0.252. The summed E-state index contributed by atoms with van der Waals surface area (Å²) in [4.78, 5) is 2.51. The molecule has 12 aromatic rings. The van der Waals surface area contributed by atoms with Crippen LogP contribution in [-0.4, -0.2) is 0 Å². The summed E-state index contributed by atoms with van der Waals surface area (Å²) < 4.78 is 2.66. The highest BCUT2D eigenvalue weighted by molar-refractivity contribution is 7.25. The number of hydrogen-bond acceptors (Lipinski definition) is 2. The van der Waals surface area contributed by atoms with E-state index in [2.05, 4.69) is 233 Å². The molecule has 308 valence electrons. The van der Waals surface area contributed by atoms with Crippen molar-refractivity contribution in [3.63, 3.8) is 0 Å². The first-order valence-corrected chi connectivity index (χ1v) is 23.6. The molecule has 0 unspecified atom stereocenters. The smallest absolute Gasteiger partial charge is 0.0540 e. The first kappa shape index (κ1) is 38.0. The highest BCUT2D eigenvalue weighted by atomic mass is 32.1. The van der Waals surface area contributed by atoms with E-state index in [4.69, 9.17) is 0 Å². The van der Waals surface area contributed by atoms with Gasteiger partial charge in [0.2, 0.25) is 0 Å². The second-order valence-electron chi connectivity index (χ2n) is 18.5. The largest absolute Gasteiger partial charge is 0.309 e. The number of anilines is 3. The van der Waals surface area contributed by atoms with Gasteiger partial charge in [0.15, 0.2) is 0 Å². The Kier molecular flexibility index (Phi) is 8.32. The second kappa shape index (κ2) is 14.2. The second-order valence-corrected chi connectivity index (χ2v) is 19.6. The number of benzene rings is 11. The molecule has 2 heteroatoms. The van der Waals surface area contributed by atoms with Gasteiger partial charge < -0.3 is 4.90 Å². The Bertz CT molecular complexity index is 3820. The zero-order valence-electron chi connectivity index (χ0n) is 36.9. The molecule has 0 aliphatic heterocycles. The summed E-state index contributed by atoms with van der Waals surface area (Å²) in [6.45, 7) is 9.27. The highest BCUT2D eigenvalue weighted by Gasteiger charge is 2.37. The summed E-state index contributed by atoms with van der Waals surface area (Å²) in [5.74, 6) is 0. The molecule has 0 fully saturated rings. The molecule has 0 N–H and O–H groups in total. The summed E-state index contributed by atoms with van der Waals surface area (Å²) in [5, 5.41) is 12.8. The third-order valence-corrected chi connectivity index (χ3v) is 15.7. The molecule has 13 rings (SSSR count). The quantitative estimate of drug-likeness (QED) is 0.156. The lowest BCUT2D eigenvalue weighted by Gasteiger charge is -2.30. The molecule has 0 radical (unpaired) electrons. The topological polar surface area (TPSA) is 3.24 Å². The molecule has 0 amide bonds. The lowest BCUT2D eigenvalue weighted by atomic mass is 9.80. The van der Waals surface area contributed by atoms with Crippen LogP contribution in [0.15, 0.2) is 200 Å². The number of fused-ring (bicyclic) bond motifs is 10. The average molecular weight is 848 g/mol. The number of rotatable bonds is 5. The molecule has 0 saturated heterocycles. The molecule has 0 bridgehead atoms. The first-order chi connectivity index (χ1) is 31.8. The van der Waals surface area contributed by atoms with E-state index < -0.39 is 0 Å². The number of hydrogen-bond donors (Lipinski definition) is 0. The van der Waals surface area contributed by atoms with Gasteiger partial charge in [0.05, 0.1) is 11.4 Å². The third-order valence-electron chi connectivity index (χ3n) is 14.5. The van der Waals surface area contributed by atoms with Crippen molar-refractivity contribution >= 4 is 91.7 Å². The van der Waals surface area contributed by atoms with E-state index in [1.807, 2.05) is 11.3 Å². The van der Waals surface area contributed by atoms with Gasteiger partial charge >= 0.3 is 0 Å². The molecular formula is C63H45NS. The molecule has 1 aliphatic rings. The maximum absolute atomic E-state index is 2.51. The van der Waals surface area contributed by atoms with Gasteiger partial charge in [0.1, 0.15) is 0 Å². The normalized spacial score (nSPS) is 13.0. The van der Waals surface area contributed by atoms with Crippen LogP contribution >= 0.6 is 11.3 Å². The standard InChI is InChI=1S/C63H45NS/c1-38-25-33-57(47-17-7-5-15-43(38)47)64(58-34-26-39(2)44-16-6-8-18-48(44)58)42-29-32-46-45-30-27-40(35-55(45)63(3,4)56(46)37-42)61-51-20-9-11-22-53(51)62(54-23-12-10-21-52(54)61)41-28-31-50-49-19-13-14-24-59(49)65-60(50)36-41/h5-37H,1-4H3. The van der Waals surface area contributed by atoms with E-state index in [-0.39, 0.29) is 5.41 Å². The fourth-order valence-corrected chi connectivity index (χ4v) is 12.5. The van der Waals surface area contributed by atoms with E-state index >= 15 is 0 Å². The van der Waals surface area contributed by atoms with Gasteiger partial charge in [-0.15, -0.1) is 11.3 Å². The first-order valence-electron chi connectivity index (χ1n) is 22.8. The van der Waals surface area contributed by atoms with Gasteiger partial charge in [-0.1, -0.05) is 172 Å². The van der Waals surface area contributed by atoms with Crippen LogP contribution in [0.25, 0.3) is 96.6 Å². The Hall–Kier alpha value is -7.52. The monoisotopic (exact) mass is 847 g/mol. The van der Waals surface area contributed by atoms with Crippen molar-refractivity contribution in [3.8, 4) is 33.4 Å². The van der Waals surface area contributed by atoms with E-state index in [1.54, 1.807) is 0 Å². The SMILES string of the molecule is Cc1ccc(N(c2ccc3c(c2)C(C)(C)c2cc(-c4c5ccccc5c(-c5ccc6c(c5)sc5ccccc56)c5ccccc45)ccc2-3)c2ccc(C)c3ccccc23)c2ccccc12. The Morgan fingerprint density at radius 3 is 1.35 bits per heavy atom. The molecule has 0 saturated carbocycles. The Balaban J connectivity index is 0.977. The molecule has 1 aliphatic carbocycles. The zero-order valence-corrected chi connectivity index (χ0v) is 37.7. The van der Waals surface area contributed by atoms with Crippen molar-refractivity contribution in [3.05, 3.63) is 222 Å². The highest BCUT2D eigenvalue weighted by Crippen LogP contribution is 2.54. The van der Waals surface area contributed by atoms with Crippen LogP contribution in [0.3, 0.4) is 0 Å². The van der Waals surface area contributed by atoms with Gasteiger partial charge in [0.25, 0.3) is 0 Å². The summed E-state index contributed by atoms with van der Waals surface area (Å²) >= 11 is 1.89. The van der Waals surface area contributed by atoms with E-state index in [0.29, 0.717) is 0 Å². The lowest BCUT2D eigenvalue weighted by Crippen LogP contribution is -2.17. The van der Waals surface area contributed by atoms with Gasteiger partial charge in [-0.2, -0.15) is 0 Å². The minimum atomic E-state index is -0.252. The van der Waals surface area contributed by atoms with Crippen molar-refractivity contribution < 1.29 is 0 Å². The van der Waals surface area contributed by atoms with Crippen LogP contribution in [0.2, 0.25) is 0 Å². The van der Waals surface area contributed by atoms with Crippen molar-refractivity contribution in [1.82, 2.24) is 0 Å². The van der Waals surface area contributed by atoms with Crippen molar-refractivity contribution in [2.75, 3.05) is 4.90 Å². The molecule has 1 aromatic heterocycles. The van der Waals surface area contributed by atoms with Crippen molar-refractivity contribution in [2.24, 2.45) is 0 Å². The predicted molar refractivity (Wildman–Crippen MR) is 282 cm³/mol. The van der Waals surface area contributed by atoms with E-state index in [9.17, 15) is 0 Å². The predicted octanol–water partition coefficient (Wildman–Crippen LogP) is 18.4. The van der Waals surface area contributed by atoms with Crippen LogP contribution in [-0.2, 0) is 5.41 Å². The Morgan fingerprint density at radius 2 is 0.785 bits per heavy atom. The fraction of sp³-hybridized carbons (Fsp3) is 0.0794. The molecule has 65 heavy (non-hydrogen) atoms. The van der Waals surface area contributed by atoms with Crippen molar-refractivity contribution in [1.29, 1.82) is 0 Å². The summed E-state index contributed by atoms with van der Waals surface area (Å²) in [6, 6.07) is 75.3. The maximum atomic E-state index is 2.51. The van der Waals surface area contributed by atoms with Crippen LogP contribution in [0.5, 0.6) is 0 Å². The van der Waals surface area contributed by atoms with E-state index in [1.165, 1.54) is 130 Å². The number of thiophene rings is 1. The van der Waals surface area contributed by atoms with Gasteiger partial charge in [-0.3, -0.25) is 0 Å². The summed E-state index contributed by atoms with van der Waals surface area (Å²) in [7, 11) is 0. The summed E-state index contributed by atoms with van der Waals surface area (Å²) in [5.41, 5.74) is 16.3. The Labute approximate surface area is 383 Å². The van der Waals surface area contributed by atoms with Crippen LogP contribution in [0.4, 0.5) is 17.1 Å². The minimum Gasteiger partial charge on any atom is -0.309 e. The summed E-state index contributed by atoms with van der Waals surface area (Å²) in [6.07, 6.45) is 0. The third kappa shape index (κ3) is 5.63. The molecule has 1 heterocycles. The van der Waals surface area contributed by atoms with Gasteiger partial charge in [-0.25, -0.2) is 0 Å². The number of aryl methyl sites for hydroxylation is 2. The van der Waals surface area contributed by atoms with E-state index in [0.717, 1.165) is 5.69 Å². The maximum Gasteiger partial charge on any atom is 0.0540 e. The van der Waals surface area contributed by atoms with Gasteiger partial charge in [-0.05, 0) is 144 Å². The van der Waals surface area contributed by atoms with Crippen LogP contribution in [0.1, 0.15) is 36.1 Å². The van der Waals surface area contributed by atoms with Gasteiger partial charge in [0, 0.05) is 42.0 Å². The zero-order chi connectivity index (χ0) is 43.6. The average Bonchev–Trinajstić information content (AvgIpc) is 3.82. The van der Waals surface area contributed by atoms with Crippen molar-refractivity contribution in [2.45, 2.75) is 33.1 Å². The molecular weight excluding hydrogens is 803 g/mol. The fourth-order valence-electron chi connectivity index (χ4n) is 11.3. The Morgan fingerprint density at radius 1 is 0.354 bits per heavy atom. The lowest BCUT2D eigenvalue weighted by molar-refractivity contribution is 0.660. The van der Waals surface area contributed by atoms with Crippen LogP contribution in [0, 0.1) is 13.8 Å². The van der Waals surface area contributed by atoms with Crippen LogP contribution < -0.4 is 4.90 Å². The molecule has 0 atom stereocenters. The molecule has 1 nitrogen and oxygen atoms in total. The number of nitrogens with zero attached hydrogens (tertiary/aromatic N) is 1. The molecule has 0 spiro atoms. The molecule has 11 aromatic carbocycles.